The predicted molar refractivity (Wildman–Crippen MR) is 56.8 cm³/mol. The van der Waals surface area contributed by atoms with E-state index < -0.39 is 11.9 Å². The van der Waals surface area contributed by atoms with Crippen molar-refractivity contribution in [3.63, 3.8) is 0 Å². The Morgan fingerprint density at radius 2 is 1.56 bits per heavy atom. The molecule has 1 aromatic carbocycles. The topological polar surface area (TPSA) is 74.6 Å². The minimum Gasteiger partial charge on any atom is -0.478 e. The molecule has 0 aromatic heterocycles. The van der Waals surface area contributed by atoms with Crippen LogP contribution in [0.3, 0.4) is 0 Å². The van der Waals surface area contributed by atoms with Crippen molar-refractivity contribution in [2.45, 2.75) is 19.3 Å². The van der Waals surface area contributed by atoms with Crippen LogP contribution in [0, 0.1) is 5.92 Å². The van der Waals surface area contributed by atoms with E-state index in [-0.39, 0.29) is 11.1 Å². The maximum atomic E-state index is 10.8. The molecule has 0 spiro atoms. The molecular weight excluding hydrogens is 208 g/mol. The number of carboxylic acid groups (broad SMARTS) is 2. The largest absolute Gasteiger partial charge is 0.478 e. The molecule has 2 rings (SSSR count). The maximum absolute atomic E-state index is 10.8. The van der Waals surface area contributed by atoms with Gasteiger partial charge in [-0.3, -0.25) is 0 Å². The van der Waals surface area contributed by atoms with Crippen LogP contribution in [0.15, 0.2) is 18.2 Å². The van der Waals surface area contributed by atoms with Crippen LogP contribution in [-0.4, -0.2) is 22.2 Å². The first-order valence-electron chi connectivity index (χ1n) is 5.17. The molecule has 1 aromatic rings. The fourth-order valence-corrected chi connectivity index (χ4v) is 1.71. The van der Waals surface area contributed by atoms with Crippen molar-refractivity contribution in [1.82, 2.24) is 0 Å². The van der Waals surface area contributed by atoms with E-state index in [4.69, 9.17) is 10.2 Å². The van der Waals surface area contributed by atoms with E-state index in [1.165, 1.54) is 6.07 Å². The van der Waals surface area contributed by atoms with Crippen LogP contribution in [0.25, 0.3) is 0 Å². The minimum absolute atomic E-state index is 0.0514. The molecule has 1 saturated carbocycles. The second-order valence-electron chi connectivity index (χ2n) is 4.18. The number of benzene rings is 1. The van der Waals surface area contributed by atoms with Gasteiger partial charge in [-0.1, -0.05) is 0 Å². The summed E-state index contributed by atoms with van der Waals surface area (Å²) in [6, 6.07) is 4.32. The Kier molecular flexibility index (Phi) is 2.64. The number of aromatic carboxylic acids is 2. The number of rotatable bonds is 4. The van der Waals surface area contributed by atoms with E-state index in [9.17, 15) is 9.59 Å². The molecule has 0 saturated heterocycles. The molecule has 0 aliphatic heterocycles. The quantitative estimate of drug-likeness (QED) is 0.814. The number of hydrogen-bond donors (Lipinski definition) is 2. The van der Waals surface area contributed by atoms with Gasteiger partial charge in [0.25, 0.3) is 0 Å². The van der Waals surface area contributed by atoms with Gasteiger partial charge in [0.05, 0.1) is 11.1 Å². The second-order valence-corrected chi connectivity index (χ2v) is 4.18. The third-order valence-electron chi connectivity index (χ3n) is 2.71. The molecule has 0 heterocycles. The zero-order chi connectivity index (χ0) is 11.7. The smallest absolute Gasteiger partial charge is 0.335 e. The zero-order valence-electron chi connectivity index (χ0n) is 8.64. The van der Waals surface area contributed by atoms with Crippen molar-refractivity contribution in [2.24, 2.45) is 5.92 Å². The summed E-state index contributed by atoms with van der Waals surface area (Å²) >= 11 is 0. The summed E-state index contributed by atoms with van der Waals surface area (Å²) in [5.74, 6) is -1.56. The number of hydrogen-bond acceptors (Lipinski definition) is 2. The first kappa shape index (κ1) is 10.7. The summed E-state index contributed by atoms with van der Waals surface area (Å²) in [5.41, 5.74) is 0.908. The third kappa shape index (κ3) is 2.39. The van der Waals surface area contributed by atoms with Gasteiger partial charge in [-0.15, -0.1) is 0 Å². The van der Waals surface area contributed by atoms with Gasteiger partial charge in [0.2, 0.25) is 0 Å². The van der Waals surface area contributed by atoms with E-state index in [0.29, 0.717) is 5.92 Å². The van der Waals surface area contributed by atoms with Crippen LogP contribution in [0.4, 0.5) is 0 Å². The summed E-state index contributed by atoms with van der Waals surface area (Å²) in [6.45, 7) is 0. The zero-order valence-corrected chi connectivity index (χ0v) is 8.64. The standard InChI is InChI=1S/C12H12O4/c13-11(14)9-4-8(3-7-1-2-7)5-10(6-9)12(15)16/h4-7H,1-3H2,(H,13,14)(H,15,16). The summed E-state index contributed by atoms with van der Waals surface area (Å²) < 4.78 is 0. The summed E-state index contributed by atoms with van der Waals surface area (Å²) in [7, 11) is 0. The van der Waals surface area contributed by atoms with Crippen molar-refractivity contribution in [2.75, 3.05) is 0 Å². The van der Waals surface area contributed by atoms with Gasteiger partial charge < -0.3 is 10.2 Å². The van der Waals surface area contributed by atoms with E-state index in [2.05, 4.69) is 0 Å². The van der Waals surface area contributed by atoms with Gasteiger partial charge in [-0.05, 0) is 48.9 Å². The molecule has 16 heavy (non-hydrogen) atoms. The molecule has 4 nitrogen and oxygen atoms in total. The number of carboxylic acids is 2. The Morgan fingerprint density at radius 1 is 1.06 bits per heavy atom. The Hall–Kier alpha value is -1.84. The lowest BCUT2D eigenvalue weighted by molar-refractivity contribution is 0.0696. The molecule has 1 aliphatic carbocycles. The van der Waals surface area contributed by atoms with E-state index in [0.717, 1.165) is 24.8 Å². The molecule has 4 heteroatoms. The number of carbonyl (C=O) groups is 2. The van der Waals surface area contributed by atoms with Crippen LogP contribution in [0.5, 0.6) is 0 Å². The highest BCUT2D eigenvalue weighted by Gasteiger charge is 2.22. The SMILES string of the molecule is O=C(O)c1cc(CC2CC2)cc(C(=O)O)c1. The van der Waals surface area contributed by atoms with Crippen LogP contribution >= 0.6 is 0 Å². The molecule has 0 radical (unpaired) electrons. The monoisotopic (exact) mass is 220 g/mol. The van der Waals surface area contributed by atoms with Crippen molar-refractivity contribution < 1.29 is 19.8 Å². The molecule has 0 amide bonds. The van der Waals surface area contributed by atoms with Crippen molar-refractivity contribution >= 4 is 11.9 Å². The Balaban J connectivity index is 2.35. The van der Waals surface area contributed by atoms with Gasteiger partial charge in [0.15, 0.2) is 0 Å². The lowest BCUT2D eigenvalue weighted by Crippen LogP contribution is -2.04. The highest BCUT2D eigenvalue weighted by Crippen LogP contribution is 2.33. The minimum atomic E-state index is -1.08. The molecule has 2 N–H and O–H groups in total. The van der Waals surface area contributed by atoms with Crippen molar-refractivity contribution in [1.29, 1.82) is 0 Å². The van der Waals surface area contributed by atoms with Gasteiger partial charge in [-0.2, -0.15) is 0 Å². The molecule has 0 unspecified atom stereocenters. The lowest BCUT2D eigenvalue weighted by atomic mass is 10.0. The van der Waals surface area contributed by atoms with Crippen LogP contribution in [-0.2, 0) is 6.42 Å². The maximum Gasteiger partial charge on any atom is 0.335 e. The highest BCUT2D eigenvalue weighted by atomic mass is 16.4. The molecule has 1 fully saturated rings. The highest BCUT2D eigenvalue weighted by molar-refractivity contribution is 5.94. The molecule has 0 atom stereocenters. The summed E-state index contributed by atoms with van der Waals surface area (Å²) in [5, 5.41) is 17.7. The summed E-state index contributed by atoms with van der Waals surface area (Å²) in [6.07, 6.45) is 3.08. The fraction of sp³-hybridized carbons (Fsp3) is 0.333. The van der Waals surface area contributed by atoms with E-state index in [1.807, 2.05) is 0 Å². The fourth-order valence-electron chi connectivity index (χ4n) is 1.71. The second kappa shape index (κ2) is 3.96. The van der Waals surface area contributed by atoms with Crippen molar-refractivity contribution in [3.8, 4) is 0 Å². The Bertz CT molecular complexity index is 414. The predicted octanol–water partition coefficient (Wildman–Crippen LogP) is 2.04. The van der Waals surface area contributed by atoms with Gasteiger partial charge in [-0.25, -0.2) is 9.59 Å². The molecule has 1 aliphatic rings. The first-order chi connectivity index (χ1) is 7.56. The molecular formula is C12H12O4. The normalized spacial score (nSPS) is 14.8. The average Bonchev–Trinajstić information content (AvgIpc) is 3.01. The first-order valence-corrected chi connectivity index (χ1v) is 5.17. The Morgan fingerprint density at radius 3 is 1.94 bits per heavy atom. The average molecular weight is 220 g/mol. The van der Waals surface area contributed by atoms with Crippen LogP contribution in [0.2, 0.25) is 0 Å². The third-order valence-corrected chi connectivity index (χ3v) is 2.71. The van der Waals surface area contributed by atoms with Gasteiger partial charge >= 0.3 is 11.9 Å². The molecule has 0 bridgehead atoms. The Labute approximate surface area is 92.5 Å². The van der Waals surface area contributed by atoms with Gasteiger partial charge in [0, 0.05) is 0 Å². The molecule has 84 valence electrons. The van der Waals surface area contributed by atoms with Gasteiger partial charge in [0.1, 0.15) is 0 Å². The van der Waals surface area contributed by atoms with Crippen LogP contribution < -0.4 is 0 Å². The summed E-state index contributed by atoms with van der Waals surface area (Å²) in [4.78, 5) is 21.7. The van der Waals surface area contributed by atoms with Crippen LogP contribution in [0.1, 0.15) is 39.1 Å². The lowest BCUT2D eigenvalue weighted by Gasteiger charge is -2.04. The van der Waals surface area contributed by atoms with E-state index >= 15 is 0 Å². The van der Waals surface area contributed by atoms with Crippen molar-refractivity contribution in [3.05, 3.63) is 34.9 Å². The van der Waals surface area contributed by atoms with E-state index in [1.54, 1.807) is 12.1 Å².